The number of hydrogen-bond acceptors (Lipinski definition) is 3. The molecule has 0 radical (unpaired) electrons. The summed E-state index contributed by atoms with van der Waals surface area (Å²) in [6.45, 7) is 2.42. The monoisotopic (exact) mass is 313 g/mol. The Hall–Kier alpha value is -0.870. The van der Waals surface area contributed by atoms with Crippen LogP contribution in [0.1, 0.15) is 84.0 Å². The lowest BCUT2D eigenvalue weighted by molar-refractivity contribution is -1.08. The number of carbonyl (C=O) groups excluding carboxylic acids is 1. The highest BCUT2D eigenvalue weighted by molar-refractivity contribution is 5.64. The summed E-state index contributed by atoms with van der Waals surface area (Å²) in [5, 5.41) is 19.6. The van der Waals surface area contributed by atoms with Crippen LogP contribution in [-0.2, 0) is 4.79 Å². The van der Waals surface area contributed by atoms with Gasteiger partial charge in [0, 0.05) is 0 Å². The lowest BCUT2D eigenvalue weighted by atomic mass is 10.1. The number of allylic oxidation sites excluding steroid dienone is 2. The van der Waals surface area contributed by atoms with E-state index in [0.717, 1.165) is 12.8 Å². The molecule has 0 aromatic rings. The van der Waals surface area contributed by atoms with Gasteiger partial charge in [-0.25, -0.2) is 5.21 Å². The molecule has 0 aliphatic heterocycles. The highest BCUT2D eigenvalue weighted by atomic mass is 16.5. The molecule has 2 N–H and O–H groups in total. The molecule has 0 spiro atoms. The van der Waals surface area contributed by atoms with Gasteiger partial charge in [0.1, 0.15) is 13.1 Å². The van der Waals surface area contributed by atoms with Crippen molar-refractivity contribution < 1.29 is 20.2 Å². The Balaban J connectivity index is 3.17. The number of unbranched alkanes of at least 4 members (excludes halogenated alkanes) is 10. The maximum Gasteiger partial charge on any atom is 0.147 e. The number of carbonyl (C=O) groups is 1. The SMILES string of the molecule is CCCCCC/C=C/CCCCCCCC[NH+](O)CC(=O)[O-]. The zero-order chi connectivity index (χ0) is 16.5. The molecule has 1 atom stereocenters. The quantitative estimate of drug-likeness (QED) is 0.261. The zero-order valence-corrected chi connectivity index (χ0v) is 14.3. The molecule has 0 bridgehead atoms. The molecule has 0 amide bonds. The van der Waals surface area contributed by atoms with Crippen molar-refractivity contribution in [3.05, 3.63) is 12.2 Å². The van der Waals surface area contributed by atoms with Crippen LogP contribution in [0.4, 0.5) is 0 Å². The van der Waals surface area contributed by atoms with Crippen molar-refractivity contribution in [3.8, 4) is 0 Å². The van der Waals surface area contributed by atoms with Gasteiger partial charge in [-0.15, -0.1) is 0 Å². The van der Waals surface area contributed by atoms with E-state index in [1.165, 1.54) is 64.2 Å². The lowest BCUT2D eigenvalue weighted by Gasteiger charge is -2.10. The largest absolute Gasteiger partial charge is 0.544 e. The molecule has 4 heteroatoms. The van der Waals surface area contributed by atoms with Gasteiger partial charge in [0.15, 0.2) is 0 Å². The molecular weight excluding hydrogens is 278 g/mol. The Morgan fingerprint density at radius 2 is 1.41 bits per heavy atom. The molecule has 0 aromatic heterocycles. The van der Waals surface area contributed by atoms with Crippen molar-refractivity contribution in [1.29, 1.82) is 0 Å². The van der Waals surface area contributed by atoms with Gasteiger partial charge in [0.2, 0.25) is 0 Å². The van der Waals surface area contributed by atoms with E-state index in [0.29, 0.717) is 6.54 Å². The summed E-state index contributed by atoms with van der Waals surface area (Å²) in [5.74, 6) is -1.20. The molecule has 1 unspecified atom stereocenters. The number of aliphatic carboxylic acids is 1. The van der Waals surface area contributed by atoms with Crippen LogP contribution in [0.15, 0.2) is 12.2 Å². The van der Waals surface area contributed by atoms with E-state index in [4.69, 9.17) is 0 Å². The molecule has 0 saturated heterocycles. The smallest absolute Gasteiger partial charge is 0.147 e. The maximum absolute atomic E-state index is 10.3. The van der Waals surface area contributed by atoms with Gasteiger partial charge < -0.3 is 9.90 Å². The standard InChI is InChI=1S/C18H35NO3/c1-2-3-4-5-6-7-8-9-10-11-12-13-14-15-16-19(22)17-18(20)21/h7-8,22H,2-6,9-17H2,1H3,(H,20,21)/b8-7+. The molecule has 0 rings (SSSR count). The molecule has 0 heterocycles. The van der Waals surface area contributed by atoms with Crippen LogP contribution in [0.5, 0.6) is 0 Å². The summed E-state index contributed by atoms with van der Waals surface area (Å²) in [6.07, 6.45) is 19.2. The molecule has 0 fully saturated rings. The van der Waals surface area contributed by atoms with Gasteiger partial charge in [0.05, 0.1) is 5.97 Å². The predicted molar refractivity (Wildman–Crippen MR) is 87.7 cm³/mol. The van der Waals surface area contributed by atoms with Crippen molar-refractivity contribution in [2.75, 3.05) is 13.1 Å². The van der Waals surface area contributed by atoms with Crippen molar-refractivity contribution in [1.82, 2.24) is 0 Å². The van der Waals surface area contributed by atoms with Gasteiger partial charge in [-0.3, -0.25) is 0 Å². The number of hydroxylamine groups is 2. The second-order valence-electron chi connectivity index (χ2n) is 6.10. The number of quaternary nitrogens is 1. The molecule has 0 saturated carbocycles. The van der Waals surface area contributed by atoms with Crippen LogP contribution in [-0.4, -0.2) is 24.3 Å². The number of rotatable bonds is 16. The number of carboxylic acids is 1. The van der Waals surface area contributed by atoms with Crippen LogP contribution in [0.25, 0.3) is 0 Å². The minimum absolute atomic E-state index is 0.0454. The second-order valence-corrected chi connectivity index (χ2v) is 6.10. The Bertz CT molecular complexity index is 280. The van der Waals surface area contributed by atoms with E-state index in [1.807, 2.05) is 0 Å². The number of nitrogens with one attached hydrogen (secondary N) is 1. The molecule has 0 aromatic carbocycles. The maximum atomic E-state index is 10.3. The van der Waals surface area contributed by atoms with Crippen molar-refractivity contribution in [2.24, 2.45) is 0 Å². The third-order valence-electron chi connectivity index (χ3n) is 3.83. The summed E-state index contributed by atoms with van der Waals surface area (Å²) in [5.41, 5.74) is 0. The van der Waals surface area contributed by atoms with Crippen LogP contribution < -0.4 is 10.2 Å². The average molecular weight is 313 g/mol. The highest BCUT2D eigenvalue weighted by Gasteiger charge is 2.03. The topological polar surface area (TPSA) is 64.8 Å². The van der Waals surface area contributed by atoms with Crippen molar-refractivity contribution >= 4 is 5.97 Å². The van der Waals surface area contributed by atoms with Crippen LogP contribution in [0.3, 0.4) is 0 Å². The van der Waals surface area contributed by atoms with Gasteiger partial charge in [-0.05, 0) is 38.5 Å². The Morgan fingerprint density at radius 3 is 1.95 bits per heavy atom. The molecular formula is C18H35NO3. The third kappa shape index (κ3) is 17.2. The summed E-state index contributed by atoms with van der Waals surface area (Å²) >= 11 is 0. The van der Waals surface area contributed by atoms with Gasteiger partial charge in [-0.2, -0.15) is 5.06 Å². The van der Waals surface area contributed by atoms with Gasteiger partial charge in [-0.1, -0.05) is 57.6 Å². The van der Waals surface area contributed by atoms with E-state index < -0.39 is 5.97 Å². The van der Waals surface area contributed by atoms with E-state index in [1.54, 1.807) is 0 Å². The second kappa shape index (κ2) is 16.5. The Kier molecular flexibility index (Phi) is 15.8. The van der Waals surface area contributed by atoms with E-state index >= 15 is 0 Å². The van der Waals surface area contributed by atoms with Gasteiger partial charge in [0.25, 0.3) is 0 Å². The van der Waals surface area contributed by atoms with E-state index in [9.17, 15) is 15.1 Å². The summed E-state index contributed by atoms with van der Waals surface area (Å²) in [7, 11) is 0. The van der Waals surface area contributed by atoms with Gasteiger partial charge >= 0.3 is 0 Å². The highest BCUT2D eigenvalue weighted by Crippen LogP contribution is 2.08. The normalized spacial score (nSPS) is 12.8. The predicted octanol–water partition coefficient (Wildman–Crippen LogP) is 2.27. The van der Waals surface area contributed by atoms with E-state index in [-0.39, 0.29) is 11.6 Å². The van der Waals surface area contributed by atoms with Crippen molar-refractivity contribution in [3.63, 3.8) is 0 Å². The first-order chi connectivity index (χ1) is 10.7. The Morgan fingerprint density at radius 1 is 0.909 bits per heavy atom. The molecule has 22 heavy (non-hydrogen) atoms. The fraction of sp³-hybridized carbons (Fsp3) is 0.833. The lowest BCUT2D eigenvalue weighted by Crippen LogP contribution is -3.11. The fourth-order valence-electron chi connectivity index (χ4n) is 2.48. The molecule has 0 aliphatic carbocycles. The molecule has 130 valence electrons. The Labute approximate surface area is 136 Å². The first kappa shape index (κ1) is 21.1. The first-order valence-corrected chi connectivity index (χ1v) is 9.05. The molecule has 0 aliphatic rings. The van der Waals surface area contributed by atoms with Crippen LogP contribution in [0, 0.1) is 0 Å². The third-order valence-corrected chi connectivity index (χ3v) is 3.83. The zero-order valence-electron chi connectivity index (χ0n) is 14.3. The van der Waals surface area contributed by atoms with E-state index in [2.05, 4.69) is 19.1 Å². The summed E-state index contributed by atoms with van der Waals surface area (Å²) in [4.78, 5) is 10.3. The number of carboxylic acid groups (broad SMARTS) is 1. The fourth-order valence-corrected chi connectivity index (χ4v) is 2.48. The van der Waals surface area contributed by atoms with Crippen LogP contribution >= 0.6 is 0 Å². The number of hydrogen-bond donors (Lipinski definition) is 2. The van der Waals surface area contributed by atoms with Crippen LogP contribution in [0.2, 0.25) is 0 Å². The minimum atomic E-state index is -1.20. The average Bonchev–Trinajstić information content (AvgIpc) is 2.47. The minimum Gasteiger partial charge on any atom is -0.544 e. The molecule has 4 nitrogen and oxygen atoms in total. The van der Waals surface area contributed by atoms with Crippen molar-refractivity contribution in [2.45, 2.75) is 84.0 Å². The first-order valence-electron chi connectivity index (χ1n) is 9.05. The summed E-state index contributed by atoms with van der Waals surface area (Å²) < 4.78 is 0. The summed E-state index contributed by atoms with van der Waals surface area (Å²) in [6, 6.07) is 0.